The Labute approximate surface area is 266 Å². The predicted molar refractivity (Wildman–Crippen MR) is 180 cm³/mol. The van der Waals surface area contributed by atoms with Gasteiger partial charge in [0.05, 0.1) is 0 Å². The van der Waals surface area contributed by atoms with Crippen molar-refractivity contribution in [3.05, 3.63) is 152 Å². The van der Waals surface area contributed by atoms with E-state index in [1.54, 1.807) is 0 Å². The van der Waals surface area contributed by atoms with Crippen LogP contribution in [0.15, 0.2) is 155 Å². The first-order valence-corrected chi connectivity index (χ1v) is 14.8. The molecule has 7 nitrogen and oxygen atoms in total. The maximum Gasteiger partial charge on any atom is 0.248 e. The highest BCUT2D eigenvalue weighted by atomic mass is 16.5. The van der Waals surface area contributed by atoms with Crippen molar-refractivity contribution < 1.29 is 13.6 Å². The summed E-state index contributed by atoms with van der Waals surface area (Å²) in [6, 6.07) is 41.2. The summed E-state index contributed by atoms with van der Waals surface area (Å²) in [5.74, 6) is 3.13. The first-order valence-electron chi connectivity index (χ1n) is 14.8. The standard InChI is InChI=1S/C39H28N4O3/c1-3-7-26(2)27-10-14-30(15-11-27)36-40-42-38(45-36)32-18-22-34(23-19-32)44-35-24-20-33(21-25-35)39-43-41-37(46-39)31-16-12-29(13-17-31)28-8-5-4-6-9-28/h3-25H,2H2,1H3/b7-3-. The molecule has 0 radical (unpaired) electrons. The second-order valence-corrected chi connectivity index (χ2v) is 10.5. The molecule has 7 rings (SSSR count). The van der Waals surface area contributed by atoms with E-state index in [9.17, 15) is 0 Å². The summed E-state index contributed by atoms with van der Waals surface area (Å²) >= 11 is 0. The molecule has 0 fully saturated rings. The van der Waals surface area contributed by atoms with Crippen LogP contribution in [0.4, 0.5) is 0 Å². The summed E-state index contributed by atoms with van der Waals surface area (Å²) in [6.45, 7) is 6.04. The molecule has 0 N–H and O–H groups in total. The number of allylic oxidation sites excluding steroid dienone is 3. The van der Waals surface area contributed by atoms with Gasteiger partial charge in [-0.2, -0.15) is 0 Å². The molecule has 7 aromatic rings. The molecular formula is C39H28N4O3. The molecule has 0 bridgehead atoms. The van der Waals surface area contributed by atoms with Crippen LogP contribution in [-0.4, -0.2) is 20.4 Å². The van der Waals surface area contributed by atoms with E-state index < -0.39 is 0 Å². The maximum absolute atomic E-state index is 6.06. The zero-order valence-corrected chi connectivity index (χ0v) is 25.0. The van der Waals surface area contributed by atoms with E-state index in [4.69, 9.17) is 13.6 Å². The Bertz CT molecular complexity index is 2110. The highest BCUT2D eigenvalue weighted by Gasteiger charge is 2.13. The lowest BCUT2D eigenvalue weighted by atomic mass is 10.0. The normalized spacial score (nSPS) is 11.2. The monoisotopic (exact) mass is 600 g/mol. The largest absolute Gasteiger partial charge is 0.457 e. The molecular weight excluding hydrogens is 572 g/mol. The van der Waals surface area contributed by atoms with Gasteiger partial charge in [-0.05, 0) is 102 Å². The van der Waals surface area contributed by atoms with E-state index in [1.165, 1.54) is 0 Å². The number of nitrogens with zero attached hydrogens (tertiary/aromatic N) is 4. The van der Waals surface area contributed by atoms with Gasteiger partial charge in [0.2, 0.25) is 23.6 Å². The van der Waals surface area contributed by atoms with Gasteiger partial charge < -0.3 is 13.6 Å². The Morgan fingerprint density at radius 1 is 0.500 bits per heavy atom. The Kier molecular flexibility index (Phi) is 7.86. The number of benzene rings is 5. The Morgan fingerprint density at radius 2 is 0.870 bits per heavy atom. The molecule has 2 heterocycles. The first kappa shape index (κ1) is 28.4. The van der Waals surface area contributed by atoms with E-state index in [0.717, 1.165) is 44.5 Å². The molecule has 0 aliphatic heterocycles. The van der Waals surface area contributed by atoms with Gasteiger partial charge in [0.15, 0.2) is 0 Å². The quantitative estimate of drug-likeness (QED) is 0.152. The Balaban J connectivity index is 0.983. The lowest BCUT2D eigenvalue weighted by Crippen LogP contribution is -1.85. The van der Waals surface area contributed by atoms with Crippen molar-refractivity contribution in [3.63, 3.8) is 0 Å². The van der Waals surface area contributed by atoms with Crippen LogP contribution in [0, 0.1) is 0 Å². The summed E-state index contributed by atoms with van der Waals surface area (Å²) in [7, 11) is 0. The second kappa shape index (κ2) is 12.7. The third kappa shape index (κ3) is 6.16. The molecule has 0 aliphatic rings. The summed E-state index contributed by atoms with van der Waals surface area (Å²) in [4.78, 5) is 0. The fourth-order valence-corrected chi connectivity index (χ4v) is 4.94. The predicted octanol–water partition coefficient (Wildman–Crippen LogP) is 10.2. The third-order valence-electron chi connectivity index (χ3n) is 7.40. The molecule has 222 valence electrons. The number of aromatic nitrogens is 4. The lowest BCUT2D eigenvalue weighted by molar-refractivity contribution is 0.482. The van der Waals surface area contributed by atoms with Gasteiger partial charge in [-0.15, -0.1) is 20.4 Å². The Hall–Kier alpha value is -6.34. The highest BCUT2D eigenvalue weighted by Crippen LogP contribution is 2.31. The second-order valence-electron chi connectivity index (χ2n) is 10.5. The van der Waals surface area contributed by atoms with E-state index in [1.807, 2.05) is 122 Å². The smallest absolute Gasteiger partial charge is 0.248 e. The van der Waals surface area contributed by atoms with Crippen LogP contribution in [0.2, 0.25) is 0 Å². The zero-order chi connectivity index (χ0) is 31.3. The van der Waals surface area contributed by atoms with E-state index >= 15 is 0 Å². The molecule has 0 unspecified atom stereocenters. The number of ether oxygens (including phenoxy) is 1. The molecule has 0 amide bonds. The third-order valence-corrected chi connectivity index (χ3v) is 7.40. The van der Waals surface area contributed by atoms with Crippen LogP contribution in [-0.2, 0) is 0 Å². The average Bonchev–Trinajstić information content (AvgIpc) is 3.81. The van der Waals surface area contributed by atoms with Crippen LogP contribution in [0.3, 0.4) is 0 Å². The SMILES string of the molecule is C=C(/C=C\C)c1ccc(-c2nnc(-c3ccc(Oc4ccc(-c5nnc(-c6ccc(-c7ccccc7)cc6)o5)cc4)cc3)o2)cc1. The maximum atomic E-state index is 6.06. The van der Waals surface area contributed by atoms with Crippen molar-refractivity contribution in [3.8, 4) is 68.4 Å². The van der Waals surface area contributed by atoms with Crippen LogP contribution < -0.4 is 4.74 Å². The molecule has 46 heavy (non-hydrogen) atoms. The fraction of sp³-hybridized carbons (Fsp3) is 0.0256. The van der Waals surface area contributed by atoms with E-state index in [-0.39, 0.29) is 0 Å². The topological polar surface area (TPSA) is 87.1 Å². The van der Waals surface area contributed by atoms with E-state index in [0.29, 0.717) is 35.1 Å². The van der Waals surface area contributed by atoms with Gasteiger partial charge in [0, 0.05) is 22.3 Å². The number of rotatable bonds is 9. The van der Waals surface area contributed by atoms with Crippen molar-refractivity contribution in [2.24, 2.45) is 0 Å². The van der Waals surface area contributed by atoms with Crippen molar-refractivity contribution in [1.29, 1.82) is 0 Å². The lowest BCUT2D eigenvalue weighted by Gasteiger charge is -2.06. The van der Waals surface area contributed by atoms with Gasteiger partial charge in [-0.3, -0.25) is 0 Å². The van der Waals surface area contributed by atoms with Gasteiger partial charge in [-0.25, -0.2) is 0 Å². The van der Waals surface area contributed by atoms with Crippen molar-refractivity contribution in [1.82, 2.24) is 20.4 Å². The van der Waals surface area contributed by atoms with Crippen LogP contribution in [0.5, 0.6) is 11.5 Å². The Morgan fingerprint density at radius 3 is 1.30 bits per heavy atom. The average molecular weight is 601 g/mol. The molecule has 2 aromatic heterocycles. The summed E-state index contributed by atoms with van der Waals surface area (Å²) in [5.41, 5.74) is 7.56. The van der Waals surface area contributed by atoms with Crippen LogP contribution >= 0.6 is 0 Å². The zero-order valence-electron chi connectivity index (χ0n) is 25.0. The minimum atomic E-state index is 0.430. The number of hydrogen-bond donors (Lipinski definition) is 0. The van der Waals surface area contributed by atoms with Crippen molar-refractivity contribution in [2.45, 2.75) is 6.92 Å². The molecule has 0 saturated heterocycles. The molecule has 7 heteroatoms. The van der Waals surface area contributed by atoms with Crippen molar-refractivity contribution in [2.75, 3.05) is 0 Å². The van der Waals surface area contributed by atoms with Gasteiger partial charge in [0.1, 0.15) is 11.5 Å². The minimum absolute atomic E-state index is 0.430. The number of hydrogen-bond acceptors (Lipinski definition) is 7. The van der Waals surface area contributed by atoms with Gasteiger partial charge >= 0.3 is 0 Å². The van der Waals surface area contributed by atoms with Crippen LogP contribution in [0.1, 0.15) is 12.5 Å². The van der Waals surface area contributed by atoms with Crippen LogP contribution in [0.25, 0.3) is 62.5 Å². The molecule has 0 aliphatic carbocycles. The van der Waals surface area contributed by atoms with Gasteiger partial charge in [-0.1, -0.05) is 73.3 Å². The van der Waals surface area contributed by atoms with Crippen molar-refractivity contribution >= 4 is 5.57 Å². The summed E-state index contributed by atoms with van der Waals surface area (Å²) < 4.78 is 18.0. The minimum Gasteiger partial charge on any atom is -0.457 e. The molecule has 5 aromatic carbocycles. The highest BCUT2D eigenvalue weighted by molar-refractivity contribution is 5.73. The summed E-state index contributed by atoms with van der Waals surface area (Å²) in [5, 5.41) is 17.0. The van der Waals surface area contributed by atoms with Gasteiger partial charge in [0.25, 0.3) is 0 Å². The van der Waals surface area contributed by atoms with E-state index in [2.05, 4.69) is 51.2 Å². The fourth-order valence-electron chi connectivity index (χ4n) is 4.94. The molecule has 0 spiro atoms. The first-order chi connectivity index (χ1) is 22.6. The molecule has 0 saturated carbocycles. The summed E-state index contributed by atoms with van der Waals surface area (Å²) in [6.07, 6.45) is 3.94. The molecule has 0 atom stereocenters.